The lowest BCUT2D eigenvalue weighted by Crippen LogP contribution is -2.41. The van der Waals surface area contributed by atoms with E-state index in [1.165, 1.54) is 13.2 Å². The van der Waals surface area contributed by atoms with Crippen molar-refractivity contribution >= 4 is 17.5 Å². The molecular weight excluding hydrogens is 260 g/mol. The number of ether oxygens (including phenoxy) is 2. The predicted octanol–water partition coefficient (Wildman–Crippen LogP) is 1.39. The first kappa shape index (κ1) is 12.6. The number of allylic oxidation sites excluding steroid dienone is 1. The summed E-state index contributed by atoms with van der Waals surface area (Å²) in [6, 6.07) is 6.72. The number of benzene rings is 1. The van der Waals surface area contributed by atoms with Crippen molar-refractivity contribution in [3.05, 3.63) is 47.2 Å². The highest BCUT2D eigenvalue weighted by Crippen LogP contribution is 2.35. The molecule has 2 aliphatic rings. The van der Waals surface area contributed by atoms with E-state index in [1.807, 2.05) is 0 Å². The minimum Gasteiger partial charge on any atom is -0.486 e. The van der Waals surface area contributed by atoms with E-state index in [9.17, 15) is 14.4 Å². The van der Waals surface area contributed by atoms with Gasteiger partial charge in [-0.05, 0) is 6.08 Å². The molecule has 1 aliphatic carbocycles. The van der Waals surface area contributed by atoms with Crippen LogP contribution in [-0.4, -0.2) is 31.3 Å². The minimum atomic E-state index is -0.653. The molecule has 102 valence electrons. The highest BCUT2D eigenvalue weighted by molar-refractivity contribution is 6.17. The van der Waals surface area contributed by atoms with Crippen LogP contribution in [0.5, 0.6) is 0 Å². The molecule has 1 aliphatic heterocycles. The third-order valence-electron chi connectivity index (χ3n) is 3.67. The Bertz CT molecular complexity index is 643. The lowest BCUT2D eigenvalue weighted by molar-refractivity contribution is -0.140. The second kappa shape index (κ2) is 4.59. The molecule has 1 aromatic rings. The first-order valence-corrected chi connectivity index (χ1v) is 6.24. The van der Waals surface area contributed by atoms with Gasteiger partial charge in [-0.1, -0.05) is 24.3 Å². The molecule has 2 unspecified atom stereocenters. The third-order valence-corrected chi connectivity index (χ3v) is 3.67. The number of methoxy groups -OCH3 is 1. The molecule has 0 aromatic heterocycles. The Balaban J connectivity index is 2.06. The van der Waals surface area contributed by atoms with Crippen LogP contribution in [0, 0.1) is 11.8 Å². The molecule has 1 heterocycles. The fourth-order valence-electron chi connectivity index (χ4n) is 2.63. The second-order valence-electron chi connectivity index (χ2n) is 4.74. The number of hydrogen-bond acceptors (Lipinski definition) is 5. The Morgan fingerprint density at radius 3 is 2.50 bits per heavy atom. The van der Waals surface area contributed by atoms with Gasteiger partial charge in [-0.15, -0.1) is 0 Å². The molecular formula is C15H12O5. The Morgan fingerprint density at radius 2 is 1.85 bits per heavy atom. The first-order valence-electron chi connectivity index (χ1n) is 6.24. The van der Waals surface area contributed by atoms with Gasteiger partial charge in [0.05, 0.1) is 25.6 Å². The summed E-state index contributed by atoms with van der Waals surface area (Å²) in [5, 5.41) is 0. The average Bonchev–Trinajstić information content (AvgIpc) is 2.51. The Hall–Kier alpha value is -2.43. The van der Waals surface area contributed by atoms with E-state index in [2.05, 4.69) is 4.74 Å². The van der Waals surface area contributed by atoms with Crippen LogP contribution in [-0.2, 0) is 14.3 Å². The largest absolute Gasteiger partial charge is 0.486 e. The molecule has 0 fully saturated rings. The number of ketones is 2. The molecule has 3 rings (SSSR count). The summed E-state index contributed by atoms with van der Waals surface area (Å²) in [5.74, 6) is -2.14. The van der Waals surface area contributed by atoms with E-state index in [4.69, 9.17) is 4.74 Å². The lowest BCUT2D eigenvalue weighted by atomic mass is 9.73. The van der Waals surface area contributed by atoms with Gasteiger partial charge in [0.2, 0.25) is 5.76 Å². The maximum atomic E-state index is 12.4. The summed E-state index contributed by atoms with van der Waals surface area (Å²) in [5.41, 5.74) is 0.832. The molecule has 20 heavy (non-hydrogen) atoms. The topological polar surface area (TPSA) is 69.7 Å². The third kappa shape index (κ3) is 1.74. The van der Waals surface area contributed by atoms with Gasteiger partial charge in [0.15, 0.2) is 11.6 Å². The van der Waals surface area contributed by atoms with Crippen molar-refractivity contribution in [1.29, 1.82) is 0 Å². The fourth-order valence-corrected chi connectivity index (χ4v) is 2.63. The molecule has 5 heteroatoms. The number of rotatable bonds is 1. The van der Waals surface area contributed by atoms with Crippen molar-refractivity contribution < 1.29 is 23.9 Å². The molecule has 0 bridgehead atoms. The Kier molecular flexibility index (Phi) is 2.89. The molecule has 0 radical (unpaired) electrons. The molecule has 5 nitrogen and oxygen atoms in total. The zero-order valence-corrected chi connectivity index (χ0v) is 10.8. The van der Waals surface area contributed by atoms with Crippen molar-refractivity contribution in [2.75, 3.05) is 13.7 Å². The minimum absolute atomic E-state index is 0.00530. The van der Waals surface area contributed by atoms with Crippen LogP contribution < -0.4 is 0 Å². The Labute approximate surface area is 115 Å². The molecule has 0 N–H and O–H groups in total. The van der Waals surface area contributed by atoms with Crippen LogP contribution in [0.2, 0.25) is 0 Å². The number of carbonyl (C=O) groups is 3. The van der Waals surface area contributed by atoms with Crippen molar-refractivity contribution in [3.8, 4) is 0 Å². The first-order chi connectivity index (χ1) is 9.63. The normalized spacial score (nSPS) is 24.1. The quantitative estimate of drug-likeness (QED) is 0.722. The second-order valence-corrected chi connectivity index (χ2v) is 4.74. The van der Waals surface area contributed by atoms with E-state index in [0.29, 0.717) is 11.1 Å². The van der Waals surface area contributed by atoms with Gasteiger partial charge in [-0.2, -0.15) is 0 Å². The summed E-state index contributed by atoms with van der Waals surface area (Å²) in [7, 11) is 1.24. The predicted molar refractivity (Wildman–Crippen MR) is 68.1 cm³/mol. The summed E-state index contributed by atoms with van der Waals surface area (Å²) in [6.07, 6.45) is 1.40. The van der Waals surface area contributed by atoms with Gasteiger partial charge in [0.25, 0.3) is 0 Å². The van der Waals surface area contributed by atoms with Gasteiger partial charge < -0.3 is 9.47 Å². The SMILES string of the molecule is COC(=O)C1=CC2C(=O)c3ccccc3C(=O)C2CO1. The van der Waals surface area contributed by atoms with Crippen LogP contribution in [0.3, 0.4) is 0 Å². The van der Waals surface area contributed by atoms with E-state index in [0.717, 1.165) is 0 Å². The van der Waals surface area contributed by atoms with Crippen molar-refractivity contribution in [2.24, 2.45) is 11.8 Å². The average molecular weight is 272 g/mol. The maximum Gasteiger partial charge on any atom is 0.372 e. The van der Waals surface area contributed by atoms with Crippen LogP contribution >= 0.6 is 0 Å². The van der Waals surface area contributed by atoms with Gasteiger partial charge in [0.1, 0.15) is 0 Å². The zero-order chi connectivity index (χ0) is 14.3. The van der Waals surface area contributed by atoms with Crippen LogP contribution in [0.1, 0.15) is 20.7 Å². The number of carbonyl (C=O) groups excluding carboxylic acids is 3. The number of fused-ring (bicyclic) bond motifs is 2. The van der Waals surface area contributed by atoms with Gasteiger partial charge in [-0.25, -0.2) is 4.79 Å². The monoisotopic (exact) mass is 272 g/mol. The highest BCUT2D eigenvalue weighted by atomic mass is 16.6. The van der Waals surface area contributed by atoms with Crippen LogP contribution in [0.25, 0.3) is 0 Å². The molecule has 0 spiro atoms. The smallest absolute Gasteiger partial charge is 0.372 e. The van der Waals surface area contributed by atoms with Crippen LogP contribution in [0.15, 0.2) is 36.1 Å². The molecule has 1 aromatic carbocycles. The molecule has 0 amide bonds. The summed E-state index contributed by atoms with van der Waals surface area (Å²) in [6.45, 7) is 0.0184. The van der Waals surface area contributed by atoms with E-state index < -0.39 is 17.8 Å². The van der Waals surface area contributed by atoms with E-state index >= 15 is 0 Å². The number of Topliss-reactive ketones (excluding diaryl/α,β-unsaturated/α-hetero) is 2. The molecule has 2 atom stereocenters. The molecule has 0 saturated heterocycles. The van der Waals surface area contributed by atoms with Gasteiger partial charge in [0, 0.05) is 11.1 Å². The maximum absolute atomic E-state index is 12.4. The Morgan fingerprint density at radius 1 is 1.20 bits per heavy atom. The van der Waals surface area contributed by atoms with Gasteiger partial charge >= 0.3 is 5.97 Å². The fraction of sp³-hybridized carbons (Fsp3) is 0.267. The standard InChI is InChI=1S/C15H12O5/c1-19-15(18)12-6-10-11(7-20-12)14(17)9-5-3-2-4-8(9)13(10)16/h2-6,10-11H,7H2,1H3. The number of hydrogen-bond donors (Lipinski definition) is 0. The van der Waals surface area contributed by atoms with Gasteiger partial charge in [-0.3, -0.25) is 9.59 Å². The lowest BCUT2D eigenvalue weighted by Gasteiger charge is -2.32. The van der Waals surface area contributed by atoms with Crippen molar-refractivity contribution in [3.63, 3.8) is 0 Å². The van der Waals surface area contributed by atoms with Crippen molar-refractivity contribution in [2.45, 2.75) is 0 Å². The zero-order valence-electron chi connectivity index (χ0n) is 10.8. The highest BCUT2D eigenvalue weighted by Gasteiger charge is 2.43. The van der Waals surface area contributed by atoms with Crippen molar-refractivity contribution in [1.82, 2.24) is 0 Å². The summed E-state index contributed by atoms with van der Waals surface area (Å²) in [4.78, 5) is 36.3. The number of esters is 1. The van der Waals surface area contributed by atoms with Crippen LogP contribution in [0.4, 0.5) is 0 Å². The van der Waals surface area contributed by atoms with E-state index in [1.54, 1.807) is 24.3 Å². The van der Waals surface area contributed by atoms with E-state index in [-0.39, 0.29) is 23.9 Å². The summed E-state index contributed by atoms with van der Waals surface area (Å²) >= 11 is 0. The summed E-state index contributed by atoms with van der Waals surface area (Å²) < 4.78 is 9.82. The molecule has 0 saturated carbocycles.